The van der Waals surface area contributed by atoms with E-state index in [-0.39, 0.29) is 0 Å². The van der Waals surface area contributed by atoms with Gasteiger partial charge in [-0.15, -0.1) is 0 Å². The summed E-state index contributed by atoms with van der Waals surface area (Å²) in [5, 5.41) is 7.14. The van der Waals surface area contributed by atoms with Crippen LogP contribution in [0.2, 0.25) is 0 Å². The molecule has 28 heavy (non-hydrogen) atoms. The van der Waals surface area contributed by atoms with Gasteiger partial charge in [0.15, 0.2) is 0 Å². The van der Waals surface area contributed by atoms with Gasteiger partial charge in [-0.1, -0.05) is 42.0 Å². The summed E-state index contributed by atoms with van der Waals surface area (Å²) in [6.07, 6.45) is 1.93. The highest BCUT2D eigenvalue weighted by Crippen LogP contribution is 2.34. The summed E-state index contributed by atoms with van der Waals surface area (Å²) in [7, 11) is 1.67. The molecule has 0 fully saturated rings. The molecule has 0 aliphatic heterocycles. The summed E-state index contributed by atoms with van der Waals surface area (Å²) in [4.78, 5) is 4.70. The van der Waals surface area contributed by atoms with Gasteiger partial charge in [-0.3, -0.25) is 4.98 Å². The van der Waals surface area contributed by atoms with Crippen molar-refractivity contribution in [3.8, 4) is 22.7 Å². The van der Waals surface area contributed by atoms with Crippen LogP contribution in [-0.4, -0.2) is 21.9 Å². The van der Waals surface area contributed by atoms with Crippen LogP contribution in [0.15, 0.2) is 79.0 Å². The van der Waals surface area contributed by atoms with E-state index < -0.39 is 0 Å². The minimum absolute atomic E-state index is 0.825. The number of aromatic nitrogens is 3. The minimum atomic E-state index is 0.825. The van der Waals surface area contributed by atoms with Crippen LogP contribution in [0.5, 0.6) is 5.75 Å². The van der Waals surface area contributed by atoms with Crippen molar-refractivity contribution < 1.29 is 4.74 Å². The lowest BCUT2D eigenvalue weighted by molar-refractivity contribution is 0.414. The molecule has 5 aromatic rings. The minimum Gasteiger partial charge on any atom is -0.497 e. The molecule has 0 aliphatic rings. The van der Waals surface area contributed by atoms with Gasteiger partial charge in [0.25, 0.3) is 0 Å². The fraction of sp³-hybridized carbons (Fsp3) is 0.0833. The molecule has 0 unspecified atom stereocenters. The normalized spacial score (nSPS) is 11.2. The number of aryl methyl sites for hydroxylation is 1. The summed E-state index contributed by atoms with van der Waals surface area (Å²) in [6, 6.07) is 24.6. The fourth-order valence-corrected chi connectivity index (χ4v) is 3.62. The Balaban J connectivity index is 1.88. The van der Waals surface area contributed by atoms with Crippen LogP contribution in [0.4, 0.5) is 0 Å². The van der Waals surface area contributed by atoms with Crippen LogP contribution in [0.1, 0.15) is 5.56 Å². The Labute approximate surface area is 163 Å². The predicted octanol–water partition coefficient (Wildman–Crippen LogP) is 5.56. The van der Waals surface area contributed by atoms with Crippen LogP contribution in [-0.2, 0) is 0 Å². The van der Waals surface area contributed by atoms with Crippen molar-refractivity contribution in [1.82, 2.24) is 14.8 Å². The maximum absolute atomic E-state index is 5.31. The molecule has 4 nitrogen and oxygen atoms in total. The quantitative estimate of drug-likeness (QED) is 0.420. The number of benzene rings is 3. The van der Waals surface area contributed by atoms with Gasteiger partial charge in [0.1, 0.15) is 11.4 Å². The molecule has 0 amide bonds. The smallest absolute Gasteiger partial charge is 0.119 e. The molecule has 0 spiro atoms. The van der Waals surface area contributed by atoms with Gasteiger partial charge in [0.05, 0.1) is 23.8 Å². The summed E-state index contributed by atoms with van der Waals surface area (Å²) in [6.45, 7) is 2.10. The second kappa shape index (κ2) is 6.50. The SMILES string of the molecule is COc1ccc(-n2nc(-c3ccccc3)c3cnc4ccc(C)cc4c32)cc1. The van der Waals surface area contributed by atoms with E-state index in [1.54, 1.807) is 7.11 Å². The van der Waals surface area contributed by atoms with E-state index in [0.717, 1.165) is 44.5 Å². The Morgan fingerprint density at radius 1 is 0.857 bits per heavy atom. The van der Waals surface area contributed by atoms with E-state index in [2.05, 4.69) is 37.3 Å². The Hall–Kier alpha value is -3.66. The molecule has 0 atom stereocenters. The van der Waals surface area contributed by atoms with E-state index in [1.807, 2.05) is 53.3 Å². The number of fused-ring (bicyclic) bond motifs is 3. The van der Waals surface area contributed by atoms with Crippen LogP contribution < -0.4 is 4.74 Å². The highest BCUT2D eigenvalue weighted by atomic mass is 16.5. The van der Waals surface area contributed by atoms with Gasteiger partial charge in [0.2, 0.25) is 0 Å². The van der Waals surface area contributed by atoms with Gasteiger partial charge >= 0.3 is 0 Å². The fourth-order valence-electron chi connectivity index (χ4n) is 3.62. The zero-order chi connectivity index (χ0) is 19.1. The van der Waals surface area contributed by atoms with Crippen LogP contribution >= 0.6 is 0 Å². The molecule has 0 saturated carbocycles. The van der Waals surface area contributed by atoms with Crippen LogP contribution in [0, 0.1) is 6.92 Å². The third-order valence-corrected chi connectivity index (χ3v) is 5.03. The molecule has 4 heteroatoms. The topological polar surface area (TPSA) is 39.9 Å². The number of rotatable bonds is 3. The third-order valence-electron chi connectivity index (χ3n) is 5.03. The molecule has 2 heterocycles. The first-order valence-electron chi connectivity index (χ1n) is 9.22. The summed E-state index contributed by atoms with van der Waals surface area (Å²) >= 11 is 0. The maximum atomic E-state index is 5.31. The highest BCUT2D eigenvalue weighted by Gasteiger charge is 2.17. The Morgan fingerprint density at radius 3 is 2.39 bits per heavy atom. The van der Waals surface area contributed by atoms with Crippen molar-refractivity contribution in [3.05, 3.63) is 84.6 Å². The van der Waals surface area contributed by atoms with Crippen LogP contribution in [0.3, 0.4) is 0 Å². The van der Waals surface area contributed by atoms with Gasteiger partial charge in [-0.05, 0) is 43.3 Å². The molecule has 2 aromatic heterocycles. The summed E-state index contributed by atoms with van der Waals surface area (Å²) in [5.41, 5.74) is 6.23. The molecule has 0 aliphatic carbocycles. The summed E-state index contributed by atoms with van der Waals surface area (Å²) in [5.74, 6) is 0.825. The van der Waals surface area contributed by atoms with Crippen molar-refractivity contribution in [2.24, 2.45) is 0 Å². The lowest BCUT2D eigenvalue weighted by Crippen LogP contribution is -1.97. The lowest BCUT2D eigenvalue weighted by Gasteiger charge is -2.07. The van der Waals surface area contributed by atoms with E-state index in [0.29, 0.717) is 0 Å². The molecule has 5 rings (SSSR count). The van der Waals surface area contributed by atoms with E-state index in [4.69, 9.17) is 14.8 Å². The Kier molecular flexibility index (Phi) is 3.83. The molecular weight excluding hydrogens is 346 g/mol. The molecule has 0 N–H and O–H groups in total. The molecule has 0 saturated heterocycles. The molecule has 0 radical (unpaired) electrons. The predicted molar refractivity (Wildman–Crippen MR) is 113 cm³/mol. The maximum Gasteiger partial charge on any atom is 0.119 e. The number of hydrogen-bond donors (Lipinski definition) is 0. The van der Waals surface area contributed by atoms with Gasteiger partial charge in [-0.2, -0.15) is 5.10 Å². The highest BCUT2D eigenvalue weighted by molar-refractivity contribution is 6.08. The average molecular weight is 365 g/mol. The van der Waals surface area contributed by atoms with Crippen molar-refractivity contribution >= 4 is 21.8 Å². The van der Waals surface area contributed by atoms with Gasteiger partial charge < -0.3 is 4.74 Å². The largest absolute Gasteiger partial charge is 0.497 e. The van der Waals surface area contributed by atoms with E-state index in [1.165, 1.54) is 5.56 Å². The van der Waals surface area contributed by atoms with Gasteiger partial charge in [-0.25, -0.2) is 4.68 Å². The van der Waals surface area contributed by atoms with Crippen molar-refractivity contribution in [1.29, 1.82) is 0 Å². The zero-order valence-corrected chi connectivity index (χ0v) is 15.8. The molecule has 136 valence electrons. The van der Waals surface area contributed by atoms with Crippen molar-refractivity contribution in [2.45, 2.75) is 6.92 Å². The Bertz CT molecular complexity index is 1290. The first kappa shape index (κ1) is 16.5. The van der Waals surface area contributed by atoms with E-state index in [9.17, 15) is 0 Å². The molecule has 0 bridgehead atoms. The number of pyridine rings is 1. The number of methoxy groups -OCH3 is 1. The first-order valence-corrected chi connectivity index (χ1v) is 9.22. The number of hydrogen-bond acceptors (Lipinski definition) is 3. The summed E-state index contributed by atoms with van der Waals surface area (Å²) < 4.78 is 7.33. The number of nitrogens with zero attached hydrogens (tertiary/aromatic N) is 3. The monoisotopic (exact) mass is 365 g/mol. The van der Waals surface area contributed by atoms with Crippen molar-refractivity contribution in [3.63, 3.8) is 0 Å². The second-order valence-corrected chi connectivity index (χ2v) is 6.87. The second-order valence-electron chi connectivity index (χ2n) is 6.87. The van der Waals surface area contributed by atoms with Gasteiger partial charge in [0, 0.05) is 22.5 Å². The standard InChI is InChI=1S/C24H19N3O/c1-16-8-13-22-20(14-16)24-21(15-25-22)23(17-6-4-3-5-7-17)26-27(24)18-9-11-19(28-2)12-10-18/h3-15H,1-2H3. The van der Waals surface area contributed by atoms with E-state index >= 15 is 0 Å². The first-order chi connectivity index (χ1) is 13.7. The van der Waals surface area contributed by atoms with Crippen molar-refractivity contribution in [2.75, 3.05) is 7.11 Å². The Morgan fingerprint density at radius 2 is 1.64 bits per heavy atom. The van der Waals surface area contributed by atoms with Crippen LogP contribution in [0.25, 0.3) is 38.8 Å². The zero-order valence-electron chi connectivity index (χ0n) is 15.8. The average Bonchev–Trinajstić information content (AvgIpc) is 3.14. The number of ether oxygens (including phenoxy) is 1. The molecular formula is C24H19N3O. The lowest BCUT2D eigenvalue weighted by atomic mass is 10.1. The molecule has 3 aromatic carbocycles. The third kappa shape index (κ3) is 2.62.